The minimum atomic E-state index is 0.377. The number of thiol groups is 1. The van der Waals surface area contributed by atoms with Gasteiger partial charge in [0, 0.05) is 5.75 Å². The fourth-order valence-corrected chi connectivity index (χ4v) is 1.59. The summed E-state index contributed by atoms with van der Waals surface area (Å²) in [5.74, 6) is 0.829. The Balaban J connectivity index is 2.70. The summed E-state index contributed by atoms with van der Waals surface area (Å²) in [7, 11) is 0. The van der Waals surface area contributed by atoms with Crippen molar-refractivity contribution in [3.05, 3.63) is 35.4 Å². The molecule has 1 heteroatoms. The predicted molar refractivity (Wildman–Crippen MR) is 62.3 cm³/mol. The normalized spacial score (nSPS) is 11.7. The molecule has 0 saturated carbocycles. The highest BCUT2D eigenvalue weighted by Crippen LogP contribution is 2.20. The molecular formula is C12H18S. The Bertz CT molecular complexity index is 253. The minimum absolute atomic E-state index is 0.377. The van der Waals surface area contributed by atoms with E-state index in [1.165, 1.54) is 11.1 Å². The third-order valence-corrected chi connectivity index (χ3v) is 2.31. The van der Waals surface area contributed by atoms with Crippen LogP contribution in [0.4, 0.5) is 0 Å². The first-order valence-corrected chi connectivity index (χ1v) is 5.33. The van der Waals surface area contributed by atoms with Crippen LogP contribution in [0.3, 0.4) is 0 Å². The highest BCUT2D eigenvalue weighted by molar-refractivity contribution is 7.79. The van der Waals surface area contributed by atoms with Crippen molar-refractivity contribution in [2.75, 3.05) is 0 Å². The van der Waals surface area contributed by atoms with Crippen molar-refractivity contribution in [3.8, 4) is 0 Å². The van der Waals surface area contributed by atoms with Gasteiger partial charge in [-0.05, 0) is 23.0 Å². The third-order valence-electron chi connectivity index (χ3n) is 1.94. The standard InChI is InChI=1S/C12H18S/c1-12(2,3)8-10-4-6-11(9-13)7-5-10/h4-7,13H,8-9H2,1-3H3. The lowest BCUT2D eigenvalue weighted by Gasteiger charge is -2.18. The Morgan fingerprint density at radius 2 is 1.46 bits per heavy atom. The molecule has 13 heavy (non-hydrogen) atoms. The minimum Gasteiger partial charge on any atom is -0.175 e. The maximum Gasteiger partial charge on any atom is 0.0154 e. The van der Waals surface area contributed by atoms with Crippen molar-refractivity contribution in [2.24, 2.45) is 5.41 Å². The van der Waals surface area contributed by atoms with Gasteiger partial charge in [-0.25, -0.2) is 0 Å². The van der Waals surface area contributed by atoms with Crippen molar-refractivity contribution in [2.45, 2.75) is 32.9 Å². The van der Waals surface area contributed by atoms with Gasteiger partial charge in [0.25, 0.3) is 0 Å². The van der Waals surface area contributed by atoms with Crippen molar-refractivity contribution < 1.29 is 0 Å². The third kappa shape index (κ3) is 3.86. The molecule has 1 aromatic rings. The fourth-order valence-electron chi connectivity index (χ4n) is 1.37. The lowest BCUT2D eigenvalue weighted by Crippen LogP contribution is -2.08. The average molecular weight is 194 g/mol. The summed E-state index contributed by atoms with van der Waals surface area (Å²) < 4.78 is 0. The van der Waals surface area contributed by atoms with Crippen LogP contribution in [0.1, 0.15) is 31.9 Å². The van der Waals surface area contributed by atoms with E-state index in [1.54, 1.807) is 0 Å². The quantitative estimate of drug-likeness (QED) is 0.682. The SMILES string of the molecule is CC(C)(C)Cc1ccc(CS)cc1. The summed E-state index contributed by atoms with van der Waals surface area (Å²) in [6, 6.07) is 8.73. The second-order valence-corrected chi connectivity index (χ2v) is 5.03. The number of rotatable bonds is 2. The van der Waals surface area contributed by atoms with Crippen molar-refractivity contribution in [3.63, 3.8) is 0 Å². The van der Waals surface area contributed by atoms with Gasteiger partial charge >= 0.3 is 0 Å². The van der Waals surface area contributed by atoms with E-state index >= 15 is 0 Å². The monoisotopic (exact) mass is 194 g/mol. The van der Waals surface area contributed by atoms with Crippen LogP contribution in [0.5, 0.6) is 0 Å². The van der Waals surface area contributed by atoms with Crippen molar-refractivity contribution in [1.82, 2.24) is 0 Å². The molecule has 1 rings (SSSR count). The molecule has 0 saturated heterocycles. The molecule has 0 N–H and O–H groups in total. The van der Waals surface area contributed by atoms with Gasteiger partial charge in [0.15, 0.2) is 0 Å². The van der Waals surface area contributed by atoms with Gasteiger partial charge in [-0.15, -0.1) is 0 Å². The van der Waals surface area contributed by atoms with Crippen LogP contribution in [-0.2, 0) is 12.2 Å². The summed E-state index contributed by atoms with van der Waals surface area (Å²) in [6.45, 7) is 6.79. The van der Waals surface area contributed by atoms with Gasteiger partial charge in [-0.1, -0.05) is 45.0 Å². The average Bonchev–Trinajstić information content (AvgIpc) is 2.03. The van der Waals surface area contributed by atoms with Gasteiger partial charge in [-0.2, -0.15) is 12.6 Å². The summed E-state index contributed by atoms with van der Waals surface area (Å²) in [4.78, 5) is 0. The molecule has 0 heterocycles. The van der Waals surface area contributed by atoms with E-state index in [0.29, 0.717) is 5.41 Å². The summed E-state index contributed by atoms with van der Waals surface area (Å²) >= 11 is 4.23. The second-order valence-electron chi connectivity index (χ2n) is 4.71. The Hall–Kier alpha value is -0.430. The van der Waals surface area contributed by atoms with E-state index in [2.05, 4.69) is 57.7 Å². The molecule has 0 spiro atoms. The van der Waals surface area contributed by atoms with Gasteiger partial charge in [0.2, 0.25) is 0 Å². The lowest BCUT2D eigenvalue weighted by atomic mass is 9.88. The smallest absolute Gasteiger partial charge is 0.0154 e. The lowest BCUT2D eigenvalue weighted by molar-refractivity contribution is 0.411. The van der Waals surface area contributed by atoms with Crippen LogP contribution >= 0.6 is 12.6 Å². The van der Waals surface area contributed by atoms with Crippen LogP contribution in [0.15, 0.2) is 24.3 Å². The van der Waals surface area contributed by atoms with E-state index in [4.69, 9.17) is 0 Å². The van der Waals surface area contributed by atoms with Gasteiger partial charge < -0.3 is 0 Å². The van der Waals surface area contributed by atoms with Crippen molar-refractivity contribution in [1.29, 1.82) is 0 Å². The van der Waals surface area contributed by atoms with E-state index in [1.807, 2.05) is 0 Å². The summed E-state index contributed by atoms with van der Waals surface area (Å²) in [6.07, 6.45) is 1.14. The molecule has 72 valence electrons. The second kappa shape index (κ2) is 4.19. The molecule has 0 bridgehead atoms. The molecule has 0 amide bonds. The number of hydrogen-bond acceptors (Lipinski definition) is 1. The molecule has 0 aliphatic heterocycles. The Morgan fingerprint density at radius 1 is 1.00 bits per heavy atom. The largest absolute Gasteiger partial charge is 0.175 e. The van der Waals surface area contributed by atoms with Gasteiger partial charge in [-0.3, -0.25) is 0 Å². The summed E-state index contributed by atoms with van der Waals surface area (Å²) in [5.41, 5.74) is 3.08. The van der Waals surface area contributed by atoms with Crippen molar-refractivity contribution >= 4 is 12.6 Å². The zero-order chi connectivity index (χ0) is 9.90. The molecule has 0 atom stereocenters. The molecular weight excluding hydrogens is 176 g/mol. The number of hydrogen-bond donors (Lipinski definition) is 1. The highest BCUT2D eigenvalue weighted by atomic mass is 32.1. The number of benzene rings is 1. The van der Waals surface area contributed by atoms with Gasteiger partial charge in [0.05, 0.1) is 0 Å². The van der Waals surface area contributed by atoms with Crippen LogP contribution in [0, 0.1) is 5.41 Å². The zero-order valence-corrected chi connectivity index (χ0v) is 9.57. The maximum atomic E-state index is 4.23. The van der Waals surface area contributed by atoms with E-state index < -0.39 is 0 Å². The summed E-state index contributed by atoms with van der Waals surface area (Å²) in [5, 5.41) is 0. The molecule has 0 aliphatic rings. The van der Waals surface area contributed by atoms with Crippen LogP contribution in [0.2, 0.25) is 0 Å². The Morgan fingerprint density at radius 3 is 1.85 bits per heavy atom. The van der Waals surface area contributed by atoms with E-state index in [-0.39, 0.29) is 0 Å². The predicted octanol–water partition coefficient (Wildman–Crippen LogP) is 3.71. The topological polar surface area (TPSA) is 0 Å². The van der Waals surface area contributed by atoms with Crippen LogP contribution in [-0.4, -0.2) is 0 Å². The molecule has 0 aliphatic carbocycles. The highest BCUT2D eigenvalue weighted by Gasteiger charge is 2.10. The van der Waals surface area contributed by atoms with E-state index in [0.717, 1.165) is 12.2 Å². The Kier molecular flexibility index (Phi) is 3.43. The maximum absolute atomic E-state index is 4.23. The van der Waals surface area contributed by atoms with Gasteiger partial charge in [0.1, 0.15) is 0 Å². The first-order valence-electron chi connectivity index (χ1n) is 4.70. The molecule has 1 aromatic carbocycles. The molecule has 0 unspecified atom stereocenters. The molecule has 0 radical (unpaired) electrons. The first-order chi connectivity index (χ1) is 6.01. The first kappa shape index (κ1) is 10.6. The molecule has 0 nitrogen and oxygen atoms in total. The Labute approximate surface area is 86.8 Å². The van der Waals surface area contributed by atoms with Crippen LogP contribution in [0.25, 0.3) is 0 Å². The molecule has 0 fully saturated rings. The van der Waals surface area contributed by atoms with E-state index in [9.17, 15) is 0 Å². The fraction of sp³-hybridized carbons (Fsp3) is 0.500. The van der Waals surface area contributed by atoms with Crippen LogP contribution < -0.4 is 0 Å². The molecule has 0 aromatic heterocycles. The zero-order valence-electron chi connectivity index (χ0n) is 8.67.